The summed E-state index contributed by atoms with van der Waals surface area (Å²) in [5.74, 6) is 3.54. The molecule has 0 radical (unpaired) electrons. The number of nitrogens with zero attached hydrogens (tertiary/aromatic N) is 2. The van der Waals surface area contributed by atoms with Gasteiger partial charge in [0.15, 0.2) is 17.4 Å². The average Bonchev–Trinajstić information content (AvgIpc) is 3.03. The lowest BCUT2D eigenvalue weighted by Crippen LogP contribution is -2.35. The van der Waals surface area contributed by atoms with E-state index in [1.165, 1.54) is 6.42 Å². The van der Waals surface area contributed by atoms with E-state index in [0.717, 1.165) is 36.6 Å². The van der Waals surface area contributed by atoms with Crippen LogP contribution >= 0.6 is 0 Å². The van der Waals surface area contributed by atoms with Gasteiger partial charge in [-0.3, -0.25) is 4.79 Å². The van der Waals surface area contributed by atoms with Crippen LogP contribution < -0.4 is 9.47 Å². The molecule has 1 saturated carbocycles. The fourth-order valence-corrected chi connectivity index (χ4v) is 3.59. The number of rotatable bonds is 6. The van der Waals surface area contributed by atoms with Gasteiger partial charge in [-0.2, -0.15) is 0 Å². The highest BCUT2D eigenvalue weighted by molar-refractivity contribution is 5.95. The Bertz CT molecular complexity index is 826. The predicted molar refractivity (Wildman–Crippen MR) is 100 cm³/mol. The fraction of sp³-hybridized carbons (Fsp3) is 0.524. The zero-order valence-corrected chi connectivity index (χ0v) is 16.0. The number of hydrogen-bond acceptors (Lipinski definition) is 5. The van der Waals surface area contributed by atoms with Crippen molar-refractivity contribution in [3.8, 4) is 11.5 Å². The Labute approximate surface area is 159 Å². The van der Waals surface area contributed by atoms with E-state index in [2.05, 4.69) is 4.98 Å². The maximum Gasteiger partial charge on any atom is 0.254 e. The van der Waals surface area contributed by atoms with Gasteiger partial charge < -0.3 is 18.8 Å². The molecule has 2 aliphatic rings. The summed E-state index contributed by atoms with van der Waals surface area (Å²) < 4.78 is 17.2. The third-order valence-corrected chi connectivity index (χ3v) is 5.28. The van der Waals surface area contributed by atoms with Crippen molar-refractivity contribution < 1.29 is 18.7 Å². The lowest BCUT2D eigenvalue weighted by atomic mass is 9.85. The summed E-state index contributed by atoms with van der Waals surface area (Å²) >= 11 is 0. The van der Waals surface area contributed by atoms with Gasteiger partial charge in [0.2, 0.25) is 0 Å². The number of amides is 1. The molecule has 2 heterocycles. The van der Waals surface area contributed by atoms with Crippen molar-refractivity contribution in [2.75, 3.05) is 19.8 Å². The van der Waals surface area contributed by atoms with Crippen LogP contribution in [0, 0.1) is 0 Å². The van der Waals surface area contributed by atoms with Crippen molar-refractivity contribution in [1.82, 2.24) is 9.88 Å². The Morgan fingerprint density at radius 1 is 1.22 bits per heavy atom. The van der Waals surface area contributed by atoms with E-state index >= 15 is 0 Å². The zero-order valence-electron chi connectivity index (χ0n) is 16.0. The largest absolute Gasteiger partial charge is 0.490 e. The number of aromatic nitrogens is 1. The molecule has 144 valence electrons. The fourth-order valence-electron chi connectivity index (χ4n) is 3.59. The van der Waals surface area contributed by atoms with Gasteiger partial charge in [0, 0.05) is 24.4 Å². The first kappa shape index (κ1) is 17.9. The molecule has 27 heavy (non-hydrogen) atoms. The summed E-state index contributed by atoms with van der Waals surface area (Å²) in [4.78, 5) is 19.5. The van der Waals surface area contributed by atoms with E-state index in [1.807, 2.05) is 24.8 Å². The van der Waals surface area contributed by atoms with Crippen LogP contribution in [-0.4, -0.2) is 35.5 Å². The van der Waals surface area contributed by atoms with Crippen molar-refractivity contribution in [2.24, 2.45) is 0 Å². The standard InChI is InChI=1S/C21H26N2O4/c1-3-25-18-9-8-15(12-19(18)26-4-2)21(24)23-11-10-17-16(13-23)22-20(27-17)14-6-5-7-14/h8-9,12,14H,3-7,10-11,13H2,1-2H3. The van der Waals surface area contributed by atoms with Crippen LogP contribution in [0.15, 0.2) is 22.6 Å². The van der Waals surface area contributed by atoms with Crippen molar-refractivity contribution in [1.29, 1.82) is 0 Å². The molecule has 1 aliphatic carbocycles. The van der Waals surface area contributed by atoms with E-state index in [4.69, 9.17) is 13.9 Å². The second-order valence-corrected chi connectivity index (χ2v) is 7.05. The Morgan fingerprint density at radius 3 is 2.70 bits per heavy atom. The van der Waals surface area contributed by atoms with Crippen LogP contribution in [0.5, 0.6) is 11.5 Å². The molecule has 1 aromatic heterocycles. The van der Waals surface area contributed by atoms with Crippen LogP contribution in [0.25, 0.3) is 0 Å². The number of ether oxygens (including phenoxy) is 2. The van der Waals surface area contributed by atoms with Crippen molar-refractivity contribution in [2.45, 2.75) is 52.0 Å². The van der Waals surface area contributed by atoms with E-state index < -0.39 is 0 Å². The highest BCUT2D eigenvalue weighted by atomic mass is 16.5. The summed E-state index contributed by atoms with van der Waals surface area (Å²) in [6, 6.07) is 5.38. The number of oxazole rings is 1. The molecule has 2 aromatic rings. The minimum absolute atomic E-state index is 0.0159. The number of carbonyl (C=O) groups is 1. The third-order valence-electron chi connectivity index (χ3n) is 5.28. The monoisotopic (exact) mass is 370 g/mol. The highest BCUT2D eigenvalue weighted by Crippen LogP contribution is 2.37. The first-order valence-corrected chi connectivity index (χ1v) is 9.87. The average molecular weight is 370 g/mol. The van der Waals surface area contributed by atoms with Crippen LogP contribution in [-0.2, 0) is 13.0 Å². The molecule has 4 rings (SSSR count). The van der Waals surface area contributed by atoms with Crippen LogP contribution in [0.3, 0.4) is 0 Å². The Kier molecular flexibility index (Phi) is 5.05. The van der Waals surface area contributed by atoms with Gasteiger partial charge in [0.25, 0.3) is 5.91 Å². The maximum atomic E-state index is 13.0. The Morgan fingerprint density at radius 2 is 2.00 bits per heavy atom. The summed E-state index contributed by atoms with van der Waals surface area (Å²) in [6.45, 7) is 6.06. The van der Waals surface area contributed by atoms with E-state index in [0.29, 0.717) is 49.3 Å². The van der Waals surface area contributed by atoms with Gasteiger partial charge in [0.1, 0.15) is 11.5 Å². The van der Waals surface area contributed by atoms with E-state index in [1.54, 1.807) is 12.1 Å². The molecule has 6 nitrogen and oxygen atoms in total. The molecular weight excluding hydrogens is 344 g/mol. The molecule has 0 atom stereocenters. The normalized spacial score (nSPS) is 16.6. The number of benzene rings is 1. The van der Waals surface area contributed by atoms with Gasteiger partial charge >= 0.3 is 0 Å². The van der Waals surface area contributed by atoms with Gasteiger partial charge in [-0.25, -0.2) is 4.98 Å². The minimum Gasteiger partial charge on any atom is -0.490 e. The van der Waals surface area contributed by atoms with Gasteiger partial charge in [-0.15, -0.1) is 0 Å². The Hall–Kier alpha value is -2.50. The summed E-state index contributed by atoms with van der Waals surface area (Å²) in [6.07, 6.45) is 4.29. The minimum atomic E-state index is -0.0159. The molecule has 1 aliphatic heterocycles. The maximum absolute atomic E-state index is 13.0. The van der Waals surface area contributed by atoms with E-state index in [9.17, 15) is 4.79 Å². The lowest BCUT2D eigenvalue weighted by molar-refractivity contribution is 0.0727. The lowest BCUT2D eigenvalue weighted by Gasteiger charge is -2.25. The molecule has 1 amide bonds. The third kappa shape index (κ3) is 3.53. The first-order valence-electron chi connectivity index (χ1n) is 9.87. The van der Waals surface area contributed by atoms with Crippen molar-refractivity contribution in [3.63, 3.8) is 0 Å². The van der Waals surface area contributed by atoms with Crippen molar-refractivity contribution in [3.05, 3.63) is 41.1 Å². The first-order chi connectivity index (χ1) is 13.2. The molecular formula is C21H26N2O4. The second-order valence-electron chi connectivity index (χ2n) is 7.05. The van der Waals surface area contributed by atoms with Crippen LogP contribution in [0.2, 0.25) is 0 Å². The van der Waals surface area contributed by atoms with E-state index in [-0.39, 0.29) is 5.91 Å². The predicted octanol–water partition coefficient (Wildman–Crippen LogP) is 3.94. The summed E-state index contributed by atoms with van der Waals surface area (Å²) in [5, 5.41) is 0. The smallest absolute Gasteiger partial charge is 0.254 e. The second kappa shape index (κ2) is 7.62. The highest BCUT2D eigenvalue weighted by Gasteiger charge is 2.30. The SMILES string of the molecule is CCOc1ccc(C(=O)N2CCc3oc(C4CCC4)nc3C2)cc1OCC. The molecule has 0 spiro atoms. The van der Waals surface area contributed by atoms with Gasteiger partial charge in [-0.1, -0.05) is 6.42 Å². The molecule has 1 fully saturated rings. The quantitative estimate of drug-likeness (QED) is 0.771. The molecule has 0 unspecified atom stereocenters. The summed E-state index contributed by atoms with van der Waals surface area (Å²) in [7, 11) is 0. The molecule has 0 N–H and O–H groups in total. The summed E-state index contributed by atoms with van der Waals surface area (Å²) in [5.41, 5.74) is 1.51. The topological polar surface area (TPSA) is 64.8 Å². The number of carbonyl (C=O) groups excluding carboxylic acids is 1. The molecule has 0 bridgehead atoms. The van der Waals surface area contributed by atoms with Crippen LogP contribution in [0.1, 0.15) is 66.7 Å². The van der Waals surface area contributed by atoms with Crippen LogP contribution in [0.4, 0.5) is 0 Å². The number of fused-ring (bicyclic) bond motifs is 1. The molecule has 0 saturated heterocycles. The zero-order chi connectivity index (χ0) is 18.8. The number of hydrogen-bond donors (Lipinski definition) is 0. The van der Waals surface area contributed by atoms with Crippen molar-refractivity contribution >= 4 is 5.91 Å². The Balaban J connectivity index is 1.51. The molecule has 6 heteroatoms. The van der Waals surface area contributed by atoms with Gasteiger partial charge in [0.05, 0.1) is 19.8 Å². The molecule has 1 aromatic carbocycles. The van der Waals surface area contributed by atoms with Gasteiger partial charge in [-0.05, 0) is 44.9 Å².